The van der Waals surface area contributed by atoms with Crippen molar-refractivity contribution in [2.75, 3.05) is 0 Å². The molecule has 0 aliphatic carbocycles. The molecule has 1 atom stereocenters. The Bertz CT molecular complexity index is 513. The summed E-state index contributed by atoms with van der Waals surface area (Å²) in [5, 5.41) is 0.744. The molecule has 0 radical (unpaired) electrons. The number of furan rings is 1. The van der Waals surface area contributed by atoms with Crippen molar-refractivity contribution >= 4 is 16.5 Å². The van der Waals surface area contributed by atoms with Crippen LogP contribution in [0.2, 0.25) is 0 Å². The van der Waals surface area contributed by atoms with E-state index in [1.54, 1.807) is 25.1 Å². The first-order chi connectivity index (χ1) is 7.11. The lowest BCUT2D eigenvalue weighted by Crippen LogP contribution is -2.16. The Kier molecular flexibility index (Phi) is 2.32. The van der Waals surface area contributed by atoms with Gasteiger partial charge in [0.05, 0.1) is 6.26 Å². The molecule has 0 bridgehead atoms. The molecule has 1 aromatic carbocycles. The van der Waals surface area contributed by atoms with Gasteiger partial charge in [0.1, 0.15) is 0 Å². The molecular weight excluding hydrogens is 193 g/mol. The highest BCUT2D eigenvalue weighted by Crippen LogP contribution is 2.26. The topological polar surface area (TPSA) is 39.2 Å². The molecule has 0 aliphatic heterocycles. The van der Waals surface area contributed by atoms with E-state index >= 15 is 0 Å². The highest BCUT2D eigenvalue weighted by atomic mass is 19.1. The van der Waals surface area contributed by atoms with Crippen molar-refractivity contribution in [1.82, 2.24) is 0 Å². The van der Waals surface area contributed by atoms with Gasteiger partial charge in [-0.3, -0.25) is 0 Å². The fourth-order valence-electron chi connectivity index (χ4n) is 1.49. The second kappa shape index (κ2) is 3.51. The van der Waals surface area contributed by atoms with Crippen LogP contribution in [0.25, 0.3) is 16.5 Å². The molecule has 0 amide bonds. The first-order valence-corrected chi connectivity index (χ1v) is 4.71. The van der Waals surface area contributed by atoms with Crippen molar-refractivity contribution in [3.63, 3.8) is 0 Å². The molecule has 2 aromatic rings. The number of rotatable bonds is 2. The zero-order valence-corrected chi connectivity index (χ0v) is 8.46. The van der Waals surface area contributed by atoms with E-state index in [9.17, 15) is 4.39 Å². The zero-order valence-electron chi connectivity index (χ0n) is 8.46. The summed E-state index contributed by atoms with van der Waals surface area (Å²) in [4.78, 5) is 0. The molecule has 1 unspecified atom stereocenters. The summed E-state index contributed by atoms with van der Waals surface area (Å²) in [7, 11) is 0. The lowest BCUT2D eigenvalue weighted by Gasteiger charge is -2.10. The summed E-state index contributed by atoms with van der Waals surface area (Å²) in [5.74, 6) is -0.389. The SMILES string of the molecule is C=C(c1ccc2ccoc2c1F)C(C)N. The molecule has 3 heteroatoms. The van der Waals surface area contributed by atoms with Crippen LogP contribution >= 0.6 is 0 Å². The Labute approximate surface area is 87.2 Å². The summed E-state index contributed by atoms with van der Waals surface area (Å²) in [6, 6.07) is 4.92. The maximum Gasteiger partial charge on any atom is 0.173 e. The third-order valence-corrected chi connectivity index (χ3v) is 2.46. The van der Waals surface area contributed by atoms with Crippen molar-refractivity contribution in [2.45, 2.75) is 13.0 Å². The Hall–Kier alpha value is -1.61. The first-order valence-electron chi connectivity index (χ1n) is 4.71. The minimum atomic E-state index is -0.389. The minimum Gasteiger partial charge on any atom is -0.461 e. The summed E-state index contributed by atoms with van der Waals surface area (Å²) in [6.07, 6.45) is 1.46. The maximum absolute atomic E-state index is 13.9. The quantitative estimate of drug-likeness (QED) is 0.818. The van der Waals surface area contributed by atoms with Gasteiger partial charge in [0.2, 0.25) is 0 Å². The van der Waals surface area contributed by atoms with Gasteiger partial charge in [-0.25, -0.2) is 4.39 Å². The van der Waals surface area contributed by atoms with Gasteiger partial charge < -0.3 is 10.2 Å². The molecule has 0 aliphatic rings. The molecule has 78 valence electrons. The van der Waals surface area contributed by atoms with Crippen LogP contribution in [0.3, 0.4) is 0 Å². The van der Waals surface area contributed by atoms with E-state index < -0.39 is 0 Å². The third-order valence-electron chi connectivity index (χ3n) is 2.46. The Morgan fingerprint density at radius 2 is 2.20 bits per heavy atom. The smallest absolute Gasteiger partial charge is 0.173 e. The predicted molar refractivity (Wildman–Crippen MR) is 58.9 cm³/mol. The van der Waals surface area contributed by atoms with Gasteiger partial charge in [-0.15, -0.1) is 0 Å². The predicted octanol–water partition coefficient (Wildman–Crippen LogP) is 2.93. The highest BCUT2D eigenvalue weighted by molar-refractivity contribution is 5.83. The average molecular weight is 205 g/mol. The molecule has 0 fully saturated rings. The Morgan fingerprint density at radius 1 is 1.47 bits per heavy atom. The van der Waals surface area contributed by atoms with Crippen LogP contribution in [0, 0.1) is 5.82 Å². The van der Waals surface area contributed by atoms with Gasteiger partial charge in [0.15, 0.2) is 11.4 Å². The molecule has 0 saturated carbocycles. The van der Waals surface area contributed by atoms with Crippen molar-refractivity contribution in [3.8, 4) is 0 Å². The third kappa shape index (κ3) is 1.55. The van der Waals surface area contributed by atoms with Gasteiger partial charge in [-0.2, -0.15) is 0 Å². The van der Waals surface area contributed by atoms with Crippen LogP contribution < -0.4 is 5.73 Å². The second-order valence-electron chi connectivity index (χ2n) is 3.58. The van der Waals surface area contributed by atoms with Crippen LogP contribution in [-0.2, 0) is 0 Å². The molecule has 15 heavy (non-hydrogen) atoms. The molecule has 2 rings (SSSR count). The summed E-state index contributed by atoms with van der Waals surface area (Å²) < 4.78 is 19.0. The second-order valence-corrected chi connectivity index (χ2v) is 3.58. The Balaban J connectivity index is 2.62. The van der Waals surface area contributed by atoms with E-state index in [0.29, 0.717) is 11.1 Å². The Morgan fingerprint density at radius 3 is 2.87 bits per heavy atom. The van der Waals surface area contributed by atoms with Gasteiger partial charge in [0, 0.05) is 17.0 Å². The normalized spacial score (nSPS) is 13.0. The summed E-state index contributed by atoms with van der Waals surface area (Å²) in [6.45, 7) is 5.54. The number of benzene rings is 1. The first kappa shape index (κ1) is 9.93. The molecule has 2 N–H and O–H groups in total. The number of nitrogens with two attached hydrogens (primary N) is 1. The number of hydrogen-bond donors (Lipinski definition) is 1. The number of hydrogen-bond acceptors (Lipinski definition) is 2. The van der Waals surface area contributed by atoms with E-state index in [0.717, 1.165) is 5.39 Å². The van der Waals surface area contributed by atoms with E-state index in [2.05, 4.69) is 6.58 Å². The van der Waals surface area contributed by atoms with E-state index in [4.69, 9.17) is 10.2 Å². The van der Waals surface area contributed by atoms with Gasteiger partial charge >= 0.3 is 0 Å². The van der Waals surface area contributed by atoms with Gasteiger partial charge in [-0.05, 0) is 18.6 Å². The fourth-order valence-corrected chi connectivity index (χ4v) is 1.49. The largest absolute Gasteiger partial charge is 0.461 e. The molecule has 0 spiro atoms. The van der Waals surface area contributed by atoms with Crippen LogP contribution in [0.15, 0.2) is 35.5 Å². The van der Waals surface area contributed by atoms with E-state index in [1.807, 2.05) is 0 Å². The molecule has 0 saturated heterocycles. The lowest BCUT2D eigenvalue weighted by atomic mass is 10.0. The van der Waals surface area contributed by atoms with E-state index in [-0.39, 0.29) is 17.4 Å². The van der Waals surface area contributed by atoms with Crippen molar-refractivity contribution in [3.05, 3.63) is 42.4 Å². The number of fused-ring (bicyclic) bond motifs is 1. The fraction of sp³-hybridized carbons (Fsp3) is 0.167. The maximum atomic E-state index is 13.9. The highest BCUT2D eigenvalue weighted by Gasteiger charge is 2.14. The summed E-state index contributed by atoms with van der Waals surface area (Å²) >= 11 is 0. The van der Waals surface area contributed by atoms with Crippen LogP contribution in [0.1, 0.15) is 12.5 Å². The van der Waals surface area contributed by atoms with Gasteiger partial charge in [0.25, 0.3) is 0 Å². The minimum absolute atomic E-state index is 0.259. The van der Waals surface area contributed by atoms with Crippen LogP contribution in [0.4, 0.5) is 4.39 Å². The molecule has 1 heterocycles. The molecule has 2 nitrogen and oxygen atoms in total. The lowest BCUT2D eigenvalue weighted by molar-refractivity contribution is 0.558. The number of halogens is 1. The zero-order chi connectivity index (χ0) is 11.0. The van der Waals surface area contributed by atoms with Crippen molar-refractivity contribution < 1.29 is 8.81 Å². The van der Waals surface area contributed by atoms with E-state index in [1.165, 1.54) is 6.26 Å². The van der Waals surface area contributed by atoms with Crippen molar-refractivity contribution in [2.24, 2.45) is 5.73 Å². The van der Waals surface area contributed by atoms with Crippen LogP contribution in [0.5, 0.6) is 0 Å². The average Bonchev–Trinajstić information content (AvgIpc) is 2.66. The monoisotopic (exact) mass is 205 g/mol. The molecule has 1 aromatic heterocycles. The van der Waals surface area contributed by atoms with Crippen molar-refractivity contribution in [1.29, 1.82) is 0 Å². The molecular formula is C12H12FNO. The van der Waals surface area contributed by atoms with Crippen LogP contribution in [-0.4, -0.2) is 6.04 Å². The summed E-state index contributed by atoms with van der Waals surface area (Å²) in [5.41, 5.74) is 6.92. The van der Waals surface area contributed by atoms with Gasteiger partial charge in [-0.1, -0.05) is 18.7 Å². The standard InChI is InChI=1S/C12H12FNO/c1-7(8(2)14)10-4-3-9-5-6-15-12(9)11(10)13/h3-6,8H,1,14H2,2H3.